The second-order valence-electron chi connectivity index (χ2n) is 3.39. The maximum absolute atomic E-state index is 9.67. The summed E-state index contributed by atoms with van der Waals surface area (Å²) in [6, 6.07) is 4.73. The first-order valence-corrected chi connectivity index (χ1v) is 4.56. The molecule has 0 radical (unpaired) electrons. The van der Waals surface area contributed by atoms with Gasteiger partial charge in [-0.25, -0.2) is 0 Å². The number of aromatic hydroxyl groups is 1. The average molecular weight is 201 g/mol. The van der Waals surface area contributed by atoms with Crippen molar-refractivity contribution < 1.29 is 10.2 Å². The van der Waals surface area contributed by atoms with Gasteiger partial charge in [0, 0.05) is 10.6 Å². The van der Waals surface area contributed by atoms with Crippen molar-refractivity contribution in [1.82, 2.24) is 0 Å². The molecule has 1 aromatic rings. The van der Waals surface area contributed by atoms with E-state index in [0.717, 1.165) is 0 Å². The minimum Gasteiger partial charge on any atom is -0.508 e. The Morgan fingerprint density at radius 1 is 1.31 bits per heavy atom. The molecule has 0 aliphatic rings. The standard InChI is InChI=1S/C10H13ClO2/c1-6(2)10(13)8-4-3-7(11)5-9(8)12/h3-6,10,12-13H,1-2H3. The van der Waals surface area contributed by atoms with Crippen molar-refractivity contribution in [2.75, 3.05) is 0 Å². The lowest BCUT2D eigenvalue weighted by atomic mass is 9.98. The van der Waals surface area contributed by atoms with Crippen molar-refractivity contribution in [1.29, 1.82) is 0 Å². The topological polar surface area (TPSA) is 40.5 Å². The summed E-state index contributed by atoms with van der Waals surface area (Å²) in [6.45, 7) is 3.78. The molecule has 0 bridgehead atoms. The molecular weight excluding hydrogens is 188 g/mol. The SMILES string of the molecule is CC(C)C(O)c1ccc(Cl)cc1O. The maximum atomic E-state index is 9.67. The molecule has 0 saturated carbocycles. The van der Waals surface area contributed by atoms with Crippen LogP contribution in [0.25, 0.3) is 0 Å². The summed E-state index contributed by atoms with van der Waals surface area (Å²) in [6.07, 6.45) is -0.641. The molecule has 1 aromatic carbocycles. The first-order valence-electron chi connectivity index (χ1n) is 4.19. The van der Waals surface area contributed by atoms with E-state index in [1.165, 1.54) is 6.07 Å². The first kappa shape index (κ1) is 10.4. The predicted molar refractivity (Wildman–Crippen MR) is 52.9 cm³/mol. The molecule has 0 aliphatic carbocycles. The summed E-state index contributed by atoms with van der Waals surface area (Å²) in [4.78, 5) is 0. The second kappa shape index (κ2) is 3.99. The van der Waals surface area contributed by atoms with Gasteiger partial charge in [0.25, 0.3) is 0 Å². The lowest BCUT2D eigenvalue weighted by Gasteiger charge is -2.15. The van der Waals surface area contributed by atoms with Crippen LogP contribution in [-0.2, 0) is 0 Å². The third-order valence-electron chi connectivity index (χ3n) is 1.94. The van der Waals surface area contributed by atoms with Gasteiger partial charge < -0.3 is 10.2 Å². The van der Waals surface area contributed by atoms with E-state index in [0.29, 0.717) is 10.6 Å². The van der Waals surface area contributed by atoms with Crippen LogP contribution in [-0.4, -0.2) is 10.2 Å². The van der Waals surface area contributed by atoms with Gasteiger partial charge in [-0.3, -0.25) is 0 Å². The van der Waals surface area contributed by atoms with Crippen LogP contribution < -0.4 is 0 Å². The number of phenolic OH excluding ortho intramolecular Hbond substituents is 1. The molecule has 2 nitrogen and oxygen atoms in total. The average Bonchev–Trinajstić information content (AvgIpc) is 2.03. The summed E-state index contributed by atoms with van der Waals surface area (Å²) in [5.41, 5.74) is 0.527. The van der Waals surface area contributed by atoms with E-state index in [9.17, 15) is 10.2 Å². The quantitative estimate of drug-likeness (QED) is 0.771. The highest BCUT2D eigenvalue weighted by atomic mass is 35.5. The van der Waals surface area contributed by atoms with Gasteiger partial charge in [0.05, 0.1) is 6.10 Å². The van der Waals surface area contributed by atoms with Crippen LogP contribution >= 0.6 is 11.6 Å². The van der Waals surface area contributed by atoms with Crippen LogP contribution in [0.2, 0.25) is 5.02 Å². The van der Waals surface area contributed by atoms with Crippen molar-refractivity contribution >= 4 is 11.6 Å². The van der Waals surface area contributed by atoms with Crippen LogP contribution in [0.4, 0.5) is 0 Å². The third kappa shape index (κ3) is 2.36. The molecule has 3 heteroatoms. The number of hydrogen-bond acceptors (Lipinski definition) is 2. The fraction of sp³-hybridized carbons (Fsp3) is 0.400. The monoisotopic (exact) mass is 200 g/mol. The Morgan fingerprint density at radius 2 is 1.92 bits per heavy atom. The van der Waals surface area contributed by atoms with Gasteiger partial charge in [-0.05, 0) is 18.1 Å². The molecule has 0 heterocycles. The van der Waals surface area contributed by atoms with Gasteiger partial charge in [-0.2, -0.15) is 0 Å². The summed E-state index contributed by atoms with van der Waals surface area (Å²) in [5.74, 6) is 0.126. The number of phenols is 1. The van der Waals surface area contributed by atoms with Crippen molar-refractivity contribution in [2.24, 2.45) is 5.92 Å². The predicted octanol–water partition coefficient (Wildman–Crippen LogP) is 2.74. The van der Waals surface area contributed by atoms with Gasteiger partial charge in [0.1, 0.15) is 5.75 Å². The lowest BCUT2D eigenvalue weighted by molar-refractivity contribution is 0.124. The van der Waals surface area contributed by atoms with Crippen molar-refractivity contribution in [3.63, 3.8) is 0 Å². The normalized spacial score (nSPS) is 13.3. The molecule has 72 valence electrons. The molecule has 1 unspecified atom stereocenters. The zero-order chi connectivity index (χ0) is 10.0. The molecular formula is C10H13ClO2. The molecule has 0 amide bonds. The molecule has 0 fully saturated rings. The maximum Gasteiger partial charge on any atom is 0.122 e. The van der Waals surface area contributed by atoms with E-state index in [-0.39, 0.29) is 11.7 Å². The van der Waals surface area contributed by atoms with E-state index in [1.807, 2.05) is 13.8 Å². The van der Waals surface area contributed by atoms with Crippen LogP contribution in [0.1, 0.15) is 25.5 Å². The highest BCUT2D eigenvalue weighted by Crippen LogP contribution is 2.30. The smallest absolute Gasteiger partial charge is 0.122 e. The minimum absolute atomic E-state index is 0.0497. The van der Waals surface area contributed by atoms with Gasteiger partial charge in [0.15, 0.2) is 0 Å². The summed E-state index contributed by atoms with van der Waals surface area (Å²) in [7, 11) is 0. The summed E-state index contributed by atoms with van der Waals surface area (Å²) in [5, 5.41) is 19.6. The van der Waals surface area contributed by atoms with Gasteiger partial charge >= 0.3 is 0 Å². The molecule has 0 spiro atoms. The number of hydrogen-bond donors (Lipinski definition) is 2. The Bertz CT molecular complexity index is 297. The fourth-order valence-corrected chi connectivity index (χ4v) is 1.29. The lowest BCUT2D eigenvalue weighted by Crippen LogP contribution is -2.05. The molecule has 2 N–H and O–H groups in total. The van der Waals surface area contributed by atoms with E-state index < -0.39 is 6.10 Å². The van der Waals surface area contributed by atoms with Gasteiger partial charge in [-0.1, -0.05) is 31.5 Å². The largest absolute Gasteiger partial charge is 0.508 e. The highest BCUT2D eigenvalue weighted by molar-refractivity contribution is 6.30. The second-order valence-corrected chi connectivity index (χ2v) is 3.83. The molecule has 0 saturated heterocycles. The Balaban J connectivity index is 3.01. The highest BCUT2D eigenvalue weighted by Gasteiger charge is 2.15. The number of benzene rings is 1. The Kier molecular flexibility index (Phi) is 3.17. The summed E-state index contributed by atoms with van der Waals surface area (Å²) < 4.78 is 0. The van der Waals surface area contributed by atoms with E-state index in [1.54, 1.807) is 12.1 Å². The number of aliphatic hydroxyl groups excluding tert-OH is 1. The minimum atomic E-state index is -0.641. The van der Waals surface area contributed by atoms with Crippen LogP contribution in [0, 0.1) is 5.92 Å². The first-order chi connectivity index (χ1) is 6.02. The molecule has 0 aromatic heterocycles. The zero-order valence-electron chi connectivity index (χ0n) is 7.66. The van der Waals surface area contributed by atoms with Crippen molar-refractivity contribution in [3.8, 4) is 5.75 Å². The summed E-state index contributed by atoms with van der Waals surface area (Å²) >= 11 is 5.66. The van der Waals surface area contributed by atoms with E-state index in [4.69, 9.17) is 11.6 Å². The fourth-order valence-electron chi connectivity index (χ4n) is 1.13. The Morgan fingerprint density at radius 3 is 2.38 bits per heavy atom. The molecule has 1 rings (SSSR count). The Hall–Kier alpha value is -0.730. The molecule has 0 aliphatic heterocycles. The molecule has 1 atom stereocenters. The third-order valence-corrected chi connectivity index (χ3v) is 2.18. The van der Waals surface area contributed by atoms with E-state index >= 15 is 0 Å². The van der Waals surface area contributed by atoms with Crippen molar-refractivity contribution in [2.45, 2.75) is 20.0 Å². The van der Waals surface area contributed by atoms with Crippen molar-refractivity contribution in [3.05, 3.63) is 28.8 Å². The van der Waals surface area contributed by atoms with Crippen LogP contribution in [0.5, 0.6) is 5.75 Å². The molecule has 13 heavy (non-hydrogen) atoms. The van der Waals surface area contributed by atoms with Crippen LogP contribution in [0.3, 0.4) is 0 Å². The Labute approximate surface area is 82.8 Å². The van der Waals surface area contributed by atoms with Gasteiger partial charge in [-0.15, -0.1) is 0 Å². The number of halogens is 1. The van der Waals surface area contributed by atoms with E-state index in [2.05, 4.69) is 0 Å². The number of rotatable bonds is 2. The zero-order valence-corrected chi connectivity index (χ0v) is 8.42. The number of aliphatic hydroxyl groups is 1. The van der Waals surface area contributed by atoms with Gasteiger partial charge in [0.2, 0.25) is 0 Å². The van der Waals surface area contributed by atoms with Crippen LogP contribution in [0.15, 0.2) is 18.2 Å².